The molecule has 2 aromatic rings. The fourth-order valence-corrected chi connectivity index (χ4v) is 2.08. The summed E-state index contributed by atoms with van der Waals surface area (Å²) >= 11 is 9.01. The number of pyridine rings is 1. The molecule has 1 aromatic heterocycles. The summed E-state index contributed by atoms with van der Waals surface area (Å²) in [4.78, 5) is 15.7. The molecule has 1 N–H and O–H groups in total. The minimum atomic E-state index is -0.612. The first-order chi connectivity index (χ1) is 9.04. The fourth-order valence-electron chi connectivity index (χ4n) is 1.34. The van der Waals surface area contributed by atoms with Crippen molar-refractivity contribution in [2.45, 2.75) is 6.92 Å². The summed E-state index contributed by atoms with van der Waals surface area (Å²) in [5.41, 5.74) is 1.09. The lowest BCUT2D eigenvalue weighted by atomic mass is 10.2. The number of nitrogens with one attached hydrogen (secondary N) is 1. The van der Waals surface area contributed by atoms with Crippen molar-refractivity contribution in [3.8, 4) is 5.75 Å². The Balaban J connectivity index is 2.03. The van der Waals surface area contributed by atoms with Crippen molar-refractivity contribution >= 4 is 39.4 Å². The van der Waals surface area contributed by atoms with E-state index in [0.717, 1.165) is 5.56 Å². The predicted molar refractivity (Wildman–Crippen MR) is 77.8 cm³/mol. The van der Waals surface area contributed by atoms with Crippen LogP contribution in [0.15, 0.2) is 41.0 Å². The van der Waals surface area contributed by atoms with Gasteiger partial charge in [0, 0.05) is 6.20 Å². The summed E-state index contributed by atoms with van der Waals surface area (Å²) in [7, 11) is 0. The lowest BCUT2D eigenvalue weighted by molar-refractivity contribution is 0.215. The number of ether oxygens (including phenoxy) is 1. The maximum absolute atomic E-state index is 11.7. The quantitative estimate of drug-likeness (QED) is 0.880. The summed E-state index contributed by atoms with van der Waals surface area (Å²) in [6.07, 6.45) is 0.827. The second kappa shape index (κ2) is 6.04. The highest BCUT2D eigenvalue weighted by molar-refractivity contribution is 9.10. The van der Waals surface area contributed by atoms with Crippen LogP contribution in [0.25, 0.3) is 0 Å². The van der Waals surface area contributed by atoms with E-state index in [9.17, 15) is 4.79 Å². The molecule has 0 atom stereocenters. The molecule has 19 heavy (non-hydrogen) atoms. The lowest BCUT2D eigenvalue weighted by Crippen LogP contribution is -2.17. The largest absolute Gasteiger partial charge is 0.418 e. The average molecular weight is 342 g/mol. The number of benzene rings is 1. The van der Waals surface area contributed by atoms with Gasteiger partial charge in [-0.25, -0.2) is 9.78 Å². The van der Waals surface area contributed by atoms with Crippen molar-refractivity contribution in [1.82, 2.24) is 4.98 Å². The number of halogens is 2. The minimum Gasteiger partial charge on any atom is -0.410 e. The molecular formula is C13H10BrClN2O2. The van der Waals surface area contributed by atoms with Crippen LogP contribution in [0.2, 0.25) is 5.02 Å². The smallest absolute Gasteiger partial charge is 0.410 e. The molecule has 0 unspecified atom stereocenters. The summed E-state index contributed by atoms with van der Waals surface area (Å²) in [6, 6.07) is 8.80. The number of hydrogen-bond acceptors (Lipinski definition) is 3. The highest BCUT2D eigenvalue weighted by Crippen LogP contribution is 2.23. The van der Waals surface area contributed by atoms with Gasteiger partial charge in [0.1, 0.15) is 11.6 Å². The van der Waals surface area contributed by atoms with E-state index in [1.165, 1.54) is 6.20 Å². The molecule has 0 aliphatic carbocycles. The zero-order valence-corrected chi connectivity index (χ0v) is 12.3. The van der Waals surface area contributed by atoms with Crippen LogP contribution in [-0.2, 0) is 0 Å². The second-order valence-corrected chi connectivity index (χ2v) is 5.10. The number of carbonyl (C=O) groups excluding carboxylic acids is 1. The van der Waals surface area contributed by atoms with Crippen LogP contribution in [0, 0.1) is 6.92 Å². The molecule has 0 saturated heterocycles. The third-order valence-corrected chi connectivity index (χ3v) is 3.07. The number of anilines is 1. The summed E-state index contributed by atoms with van der Waals surface area (Å²) < 4.78 is 5.70. The SMILES string of the molecule is Cc1ccc(OC(=O)Nc2ncc(Cl)cc2Br)cc1. The van der Waals surface area contributed by atoms with Crippen LogP contribution in [0.3, 0.4) is 0 Å². The van der Waals surface area contributed by atoms with Crippen molar-refractivity contribution < 1.29 is 9.53 Å². The summed E-state index contributed by atoms with van der Waals surface area (Å²) in [6.45, 7) is 1.96. The molecule has 1 aromatic carbocycles. The molecule has 4 nitrogen and oxygen atoms in total. The van der Waals surface area contributed by atoms with E-state index in [1.54, 1.807) is 18.2 Å². The Morgan fingerprint density at radius 1 is 1.37 bits per heavy atom. The van der Waals surface area contributed by atoms with Gasteiger partial charge in [-0.1, -0.05) is 29.3 Å². The molecule has 2 rings (SSSR count). The van der Waals surface area contributed by atoms with Gasteiger partial charge in [-0.05, 0) is 41.1 Å². The van der Waals surface area contributed by atoms with Crippen molar-refractivity contribution in [3.05, 3.63) is 51.6 Å². The molecule has 98 valence electrons. The Kier molecular flexibility index (Phi) is 4.39. The van der Waals surface area contributed by atoms with Crippen LogP contribution in [0.5, 0.6) is 5.75 Å². The van der Waals surface area contributed by atoms with Gasteiger partial charge in [-0.2, -0.15) is 0 Å². The number of aryl methyl sites for hydroxylation is 1. The molecule has 1 heterocycles. The van der Waals surface area contributed by atoms with Gasteiger partial charge >= 0.3 is 6.09 Å². The first-order valence-electron chi connectivity index (χ1n) is 5.41. The van der Waals surface area contributed by atoms with Gasteiger partial charge in [0.05, 0.1) is 9.50 Å². The zero-order valence-electron chi connectivity index (χ0n) is 9.98. The van der Waals surface area contributed by atoms with Crippen LogP contribution in [-0.4, -0.2) is 11.1 Å². The molecular weight excluding hydrogens is 332 g/mol. The first kappa shape index (κ1) is 13.8. The number of hydrogen-bond donors (Lipinski definition) is 1. The molecule has 0 saturated carbocycles. The van der Waals surface area contributed by atoms with E-state index in [-0.39, 0.29) is 0 Å². The van der Waals surface area contributed by atoms with Gasteiger partial charge < -0.3 is 4.74 Å². The van der Waals surface area contributed by atoms with E-state index in [2.05, 4.69) is 26.2 Å². The highest BCUT2D eigenvalue weighted by atomic mass is 79.9. The lowest BCUT2D eigenvalue weighted by Gasteiger charge is -2.07. The van der Waals surface area contributed by atoms with E-state index >= 15 is 0 Å². The Bertz CT molecular complexity index is 602. The van der Waals surface area contributed by atoms with Gasteiger partial charge in [-0.3, -0.25) is 5.32 Å². The zero-order chi connectivity index (χ0) is 13.8. The number of carbonyl (C=O) groups is 1. The van der Waals surface area contributed by atoms with Crippen LogP contribution < -0.4 is 10.1 Å². The Hall–Kier alpha value is -1.59. The maximum atomic E-state index is 11.7. The number of nitrogens with zero attached hydrogens (tertiary/aromatic N) is 1. The van der Waals surface area contributed by atoms with E-state index in [1.807, 2.05) is 19.1 Å². The number of aromatic nitrogens is 1. The molecule has 1 amide bonds. The summed E-state index contributed by atoms with van der Waals surface area (Å²) in [5, 5.41) is 3.00. The van der Waals surface area contributed by atoms with Crippen LogP contribution in [0.1, 0.15) is 5.56 Å². The van der Waals surface area contributed by atoms with Crippen molar-refractivity contribution in [2.24, 2.45) is 0 Å². The molecule has 0 fully saturated rings. The normalized spacial score (nSPS) is 10.1. The maximum Gasteiger partial charge on any atom is 0.418 e. The molecule has 0 radical (unpaired) electrons. The third-order valence-electron chi connectivity index (χ3n) is 2.26. The van der Waals surface area contributed by atoms with Crippen LogP contribution >= 0.6 is 27.5 Å². The Morgan fingerprint density at radius 2 is 2.05 bits per heavy atom. The van der Waals surface area contributed by atoms with Gasteiger partial charge in [0.2, 0.25) is 0 Å². The monoisotopic (exact) mass is 340 g/mol. The first-order valence-corrected chi connectivity index (χ1v) is 6.58. The molecule has 6 heteroatoms. The van der Waals surface area contributed by atoms with Gasteiger partial charge in [0.15, 0.2) is 0 Å². The predicted octanol–water partition coefficient (Wildman–Crippen LogP) is 4.42. The molecule has 0 aliphatic rings. The van der Waals surface area contributed by atoms with Crippen molar-refractivity contribution in [1.29, 1.82) is 0 Å². The van der Waals surface area contributed by atoms with E-state index < -0.39 is 6.09 Å². The second-order valence-electron chi connectivity index (χ2n) is 3.81. The summed E-state index contributed by atoms with van der Waals surface area (Å²) in [5.74, 6) is 0.815. The topological polar surface area (TPSA) is 51.2 Å². The average Bonchev–Trinajstić information content (AvgIpc) is 2.36. The standard InChI is InChI=1S/C13H10BrClN2O2/c1-8-2-4-10(5-3-8)19-13(18)17-12-11(14)6-9(15)7-16-12/h2-7H,1H3,(H,16,17,18). The minimum absolute atomic E-state index is 0.349. The van der Waals surface area contributed by atoms with E-state index in [0.29, 0.717) is 21.1 Å². The van der Waals surface area contributed by atoms with Gasteiger partial charge in [0.25, 0.3) is 0 Å². The van der Waals surface area contributed by atoms with E-state index in [4.69, 9.17) is 16.3 Å². The Morgan fingerprint density at radius 3 is 2.68 bits per heavy atom. The fraction of sp³-hybridized carbons (Fsp3) is 0.0769. The third kappa shape index (κ3) is 3.94. The van der Waals surface area contributed by atoms with Gasteiger partial charge in [-0.15, -0.1) is 0 Å². The number of rotatable bonds is 2. The Labute approximate surface area is 123 Å². The van der Waals surface area contributed by atoms with Crippen molar-refractivity contribution in [2.75, 3.05) is 5.32 Å². The number of amides is 1. The van der Waals surface area contributed by atoms with Crippen molar-refractivity contribution in [3.63, 3.8) is 0 Å². The molecule has 0 aliphatic heterocycles. The molecule has 0 bridgehead atoms. The highest BCUT2D eigenvalue weighted by Gasteiger charge is 2.09. The molecule has 0 spiro atoms. The van der Waals surface area contributed by atoms with Crippen LogP contribution in [0.4, 0.5) is 10.6 Å².